The first-order chi connectivity index (χ1) is 8.99. The Morgan fingerprint density at radius 3 is 2.68 bits per heavy atom. The molecule has 100 valence electrons. The molecule has 0 saturated carbocycles. The SMILES string of the molecule is Cc1nn(C)c(C)c1CCC(=O)c1cccc(F)c1. The van der Waals surface area contributed by atoms with Crippen molar-refractivity contribution in [2.24, 2.45) is 7.05 Å². The molecule has 0 N–H and O–H groups in total. The fraction of sp³-hybridized carbons (Fsp3) is 0.333. The number of carbonyl (C=O) groups excluding carboxylic acids is 1. The average Bonchev–Trinajstić information content (AvgIpc) is 2.61. The molecule has 2 aromatic rings. The molecule has 0 amide bonds. The van der Waals surface area contributed by atoms with Gasteiger partial charge in [-0.3, -0.25) is 9.48 Å². The van der Waals surface area contributed by atoms with Crippen LogP contribution in [0.2, 0.25) is 0 Å². The van der Waals surface area contributed by atoms with Crippen LogP contribution in [0, 0.1) is 19.7 Å². The topological polar surface area (TPSA) is 34.9 Å². The number of halogens is 1. The predicted molar refractivity (Wildman–Crippen MR) is 71.7 cm³/mol. The fourth-order valence-corrected chi connectivity index (χ4v) is 2.22. The average molecular weight is 260 g/mol. The van der Waals surface area contributed by atoms with Crippen LogP contribution in [0.5, 0.6) is 0 Å². The fourth-order valence-electron chi connectivity index (χ4n) is 2.22. The van der Waals surface area contributed by atoms with Crippen molar-refractivity contribution in [1.29, 1.82) is 0 Å². The molecule has 0 saturated heterocycles. The van der Waals surface area contributed by atoms with Gasteiger partial charge in [-0.15, -0.1) is 0 Å². The van der Waals surface area contributed by atoms with Gasteiger partial charge in [0.25, 0.3) is 0 Å². The molecule has 0 spiro atoms. The molecule has 0 bridgehead atoms. The molecule has 1 aromatic carbocycles. The lowest BCUT2D eigenvalue weighted by Crippen LogP contribution is -2.03. The molecular formula is C15H17FN2O. The Labute approximate surface area is 112 Å². The monoisotopic (exact) mass is 260 g/mol. The van der Waals surface area contributed by atoms with Gasteiger partial charge in [0.2, 0.25) is 0 Å². The van der Waals surface area contributed by atoms with Gasteiger partial charge in [-0.2, -0.15) is 5.10 Å². The number of carbonyl (C=O) groups is 1. The van der Waals surface area contributed by atoms with Gasteiger partial charge in [0.1, 0.15) is 5.82 Å². The van der Waals surface area contributed by atoms with Crippen LogP contribution >= 0.6 is 0 Å². The molecule has 0 unspecified atom stereocenters. The van der Waals surface area contributed by atoms with E-state index < -0.39 is 0 Å². The smallest absolute Gasteiger partial charge is 0.163 e. The highest BCUT2D eigenvalue weighted by molar-refractivity contribution is 5.96. The first-order valence-corrected chi connectivity index (χ1v) is 6.27. The van der Waals surface area contributed by atoms with Gasteiger partial charge in [0, 0.05) is 24.7 Å². The van der Waals surface area contributed by atoms with Gasteiger partial charge < -0.3 is 0 Å². The van der Waals surface area contributed by atoms with Crippen molar-refractivity contribution in [3.63, 3.8) is 0 Å². The highest BCUT2D eigenvalue weighted by atomic mass is 19.1. The van der Waals surface area contributed by atoms with Crippen molar-refractivity contribution in [2.75, 3.05) is 0 Å². The van der Waals surface area contributed by atoms with Crippen LogP contribution < -0.4 is 0 Å². The first-order valence-electron chi connectivity index (χ1n) is 6.27. The highest BCUT2D eigenvalue weighted by Crippen LogP contribution is 2.16. The first kappa shape index (κ1) is 13.5. The Morgan fingerprint density at radius 1 is 1.37 bits per heavy atom. The maximum absolute atomic E-state index is 13.1. The summed E-state index contributed by atoms with van der Waals surface area (Å²) in [6, 6.07) is 5.83. The van der Waals surface area contributed by atoms with Crippen molar-refractivity contribution >= 4 is 5.78 Å². The zero-order valence-corrected chi connectivity index (χ0v) is 11.4. The number of ketones is 1. The summed E-state index contributed by atoms with van der Waals surface area (Å²) in [7, 11) is 1.89. The summed E-state index contributed by atoms with van der Waals surface area (Å²) >= 11 is 0. The van der Waals surface area contributed by atoms with Crippen LogP contribution in [0.4, 0.5) is 4.39 Å². The van der Waals surface area contributed by atoms with Gasteiger partial charge in [-0.05, 0) is 38.0 Å². The van der Waals surface area contributed by atoms with Gasteiger partial charge in [0.05, 0.1) is 5.69 Å². The van der Waals surface area contributed by atoms with Crippen LogP contribution in [0.1, 0.15) is 33.7 Å². The normalized spacial score (nSPS) is 10.7. The van der Waals surface area contributed by atoms with Crippen LogP contribution in [0.25, 0.3) is 0 Å². The molecule has 1 aromatic heterocycles. The van der Waals surface area contributed by atoms with Gasteiger partial charge in [-0.25, -0.2) is 4.39 Å². The van der Waals surface area contributed by atoms with E-state index in [0.717, 1.165) is 17.0 Å². The molecule has 0 aliphatic rings. The lowest BCUT2D eigenvalue weighted by molar-refractivity contribution is 0.0982. The van der Waals surface area contributed by atoms with Crippen molar-refractivity contribution in [1.82, 2.24) is 9.78 Å². The Hall–Kier alpha value is -1.97. The summed E-state index contributed by atoms with van der Waals surface area (Å²) in [4.78, 5) is 12.0. The molecule has 19 heavy (non-hydrogen) atoms. The molecule has 0 radical (unpaired) electrons. The summed E-state index contributed by atoms with van der Waals surface area (Å²) in [6.07, 6.45) is 1.01. The Balaban J connectivity index is 2.09. The second kappa shape index (κ2) is 5.34. The molecule has 0 fully saturated rings. The number of rotatable bonds is 4. The van der Waals surface area contributed by atoms with Crippen LogP contribution in [-0.4, -0.2) is 15.6 Å². The third kappa shape index (κ3) is 2.89. The molecule has 0 aliphatic carbocycles. The van der Waals surface area contributed by atoms with Crippen molar-refractivity contribution in [3.05, 3.63) is 52.6 Å². The summed E-state index contributed by atoms with van der Waals surface area (Å²) < 4.78 is 14.9. The largest absolute Gasteiger partial charge is 0.294 e. The summed E-state index contributed by atoms with van der Waals surface area (Å²) in [6.45, 7) is 3.93. The standard InChI is InChI=1S/C15H17FN2O/c1-10-14(11(2)18(3)17-10)7-8-15(19)12-5-4-6-13(16)9-12/h4-6,9H,7-8H2,1-3H3. The molecule has 0 aliphatic heterocycles. The van der Waals surface area contributed by atoms with E-state index in [0.29, 0.717) is 18.4 Å². The Bertz CT molecular complexity index is 617. The number of nitrogens with zero attached hydrogens (tertiary/aromatic N) is 2. The Morgan fingerprint density at radius 2 is 2.11 bits per heavy atom. The minimum atomic E-state index is -0.375. The van der Waals surface area contributed by atoms with E-state index in [1.54, 1.807) is 12.1 Å². The zero-order chi connectivity index (χ0) is 14.0. The highest BCUT2D eigenvalue weighted by Gasteiger charge is 2.12. The van der Waals surface area contributed by atoms with E-state index in [1.807, 2.05) is 25.6 Å². The van der Waals surface area contributed by atoms with Crippen molar-refractivity contribution < 1.29 is 9.18 Å². The Kier molecular flexibility index (Phi) is 3.79. The third-order valence-electron chi connectivity index (χ3n) is 3.41. The van der Waals surface area contributed by atoms with E-state index in [9.17, 15) is 9.18 Å². The van der Waals surface area contributed by atoms with E-state index >= 15 is 0 Å². The van der Waals surface area contributed by atoms with Crippen LogP contribution in [0.15, 0.2) is 24.3 Å². The minimum Gasteiger partial charge on any atom is -0.294 e. The molecule has 4 heteroatoms. The van der Waals surface area contributed by atoms with E-state index in [4.69, 9.17) is 0 Å². The minimum absolute atomic E-state index is 0.0397. The van der Waals surface area contributed by atoms with Gasteiger partial charge in [-0.1, -0.05) is 12.1 Å². The lowest BCUT2D eigenvalue weighted by Gasteiger charge is -2.03. The quantitative estimate of drug-likeness (QED) is 0.792. The van der Waals surface area contributed by atoms with Crippen LogP contribution in [-0.2, 0) is 13.5 Å². The molecule has 1 heterocycles. The zero-order valence-electron chi connectivity index (χ0n) is 11.4. The van der Waals surface area contributed by atoms with Crippen LogP contribution in [0.3, 0.4) is 0 Å². The predicted octanol–water partition coefficient (Wildman–Crippen LogP) is 2.99. The number of aryl methyl sites for hydroxylation is 2. The number of aromatic nitrogens is 2. The maximum atomic E-state index is 13.1. The molecule has 2 rings (SSSR count). The van der Waals surface area contributed by atoms with Crippen molar-refractivity contribution in [3.8, 4) is 0 Å². The number of Topliss-reactive ketones (excluding diaryl/α,β-unsaturated/α-hetero) is 1. The number of benzene rings is 1. The number of hydrogen-bond acceptors (Lipinski definition) is 2. The van der Waals surface area contributed by atoms with E-state index in [-0.39, 0.29) is 11.6 Å². The molecule has 3 nitrogen and oxygen atoms in total. The summed E-state index contributed by atoms with van der Waals surface area (Å²) in [5, 5.41) is 4.32. The second-order valence-electron chi connectivity index (χ2n) is 4.71. The third-order valence-corrected chi connectivity index (χ3v) is 3.41. The molecular weight excluding hydrogens is 243 g/mol. The van der Waals surface area contributed by atoms with Gasteiger partial charge in [0.15, 0.2) is 5.78 Å². The van der Waals surface area contributed by atoms with Crippen molar-refractivity contribution in [2.45, 2.75) is 26.7 Å². The molecule has 0 atom stereocenters. The second-order valence-corrected chi connectivity index (χ2v) is 4.71. The summed E-state index contributed by atoms with van der Waals surface area (Å²) in [5.41, 5.74) is 3.56. The van der Waals surface area contributed by atoms with E-state index in [1.165, 1.54) is 12.1 Å². The summed E-state index contributed by atoms with van der Waals surface area (Å²) in [5.74, 6) is -0.415. The van der Waals surface area contributed by atoms with E-state index in [2.05, 4.69) is 5.10 Å². The number of hydrogen-bond donors (Lipinski definition) is 0. The maximum Gasteiger partial charge on any atom is 0.163 e. The van der Waals surface area contributed by atoms with Gasteiger partial charge >= 0.3 is 0 Å². The lowest BCUT2D eigenvalue weighted by atomic mass is 10.0.